The van der Waals surface area contributed by atoms with Gasteiger partial charge in [-0.15, -0.1) is 11.3 Å². The Hall–Kier alpha value is -1.85. The van der Waals surface area contributed by atoms with Crippen LogP contribution in [0.1, 0.15) is 23.2 Å². The maximum absolute atomic E-state index is 6.72. The highest BCUT2D eigenvalue weighted by Gasteiger charge is 2.36. The summed E-state index contributed by atoms with van der Waals surface area (Å²) in [5.41, 5.74) is 9.97. The van der Waals surface area contributed by atoms with E-state index in [1.165, 1.54) is 11.1 Å². The third-order valence-corrected chi connectivity index (χ3v) is 5.10. The zero-order chi connectivity index (χ0) is 14.4. The van der Waals surface area contributed by atoms with Crippen molar-refractivity contribution in [3.8, 4) is 5.75 Å². The molecule has 21 heavy (non-hydrogen) atoms. The molecule has 0 saturated heterocycles. The summed E-state index contributed by atoms with van der Waals surface area (Å²) in [5, 5.41) is 2.04. The molecule has 4 rings (SSSR count). The highest BCUT2D eigenvalue weighted by atomic mass is 32.1. The average molecular weight is 299 g/mol. The van der Waals surface area contributed by atoms with Gasteiger partial charge in [0.2, 0.25) is 0 Å². The van der Waals surface area contributed by atoms with Gasteiger partial charge in [0.15, 0.2) is 4.96 Å². The van der Waals surface area contributed by atoms with E-state index in [0.717, 1.165) is 35.7 Å². The van der Waals surface area contributed by atoms with Gasteiger partial charge in [0.25, 0.3) is 0 Å². The first-order chi connectivity index (χ1) is 10.2. The van der Waals surface area contributed by atoms with Crippen LogP contribution in [0.4, 0.5) is 0 Å². The van der Waals surface area contributed by atoms with E-state index in [9.17, 15) is 0 Å². The van der Waals surface area contributed by atoms with Gasteiger partial charge in [0, 0.05) is 29.7 Å². The second kappa shape index (κ2) is 4.58. The Kier molecular flexibility index (Phi) is 2.80. The van der Waals surface area contributed by atoms with Crippen molar-refractivity contribution in [1.82, 2.24) is 9.38 Å². The molecule has 1 unspecified atom stereocenters. The summed E-state index contributed by atoms with van der Waals surface area (Å²) in [6, 6.07) is 6.23. The Morgan fingerprint density at radius 3 is 3.19 bits per heavy atom. The summed E-state index contributed by atoms with van der Waals surface area (Å²) in [4.78, 5) is 5.69. The topological polar surface area (TPSA) is 52.5 Å². The van der Waals surface area contributed by atoms with Crippen LogP contribution in [0.3, 0.4) is 0 Å². The van der Waals surface area contributed by atoms with Crippen molar-refractivity contribution in [2.75, 3.05) is 7.11 Å². The molecule has 3 aromatic rings. The van der Waals surface area contributed by atoms with Crippen LogP contribution in [0.25, 0.3) is 4.96 Å². The second-order valence-corrected chi connectivity index (χ2v) is 6.55. The lowest BCUT2D eigenvalue weighted by Crippen LogP contribution is -2.36. The SMILES string of the molecule is COc1ccc2c(c1)C(N)(Cc1cn3ccsc3n1)CC2. The van der Waals surface area contributed by atoms with Gasteiger partial charge in [0.05, 0.1) is 12.8 Å². The largest absolute Gasteiger partial charge is 0.497 e. The quantitative estimate of drug-likeness (QED) is 0.809. The Balaban J connectivity index is 1.70. The molecule has 1 aliphatic carbocycles. The van der Waals surface area contributed by atoms with Gasteiger partial charge in [-0.2, -0.15) is 0 Å². The highest BCUT2D eigenvalue weighted by molar-refractivity contribution is 7.15. The fourth-order valence-electron chi connectivity index (χ4n) is 3.22. The monoisotopic (exact) mass is 299 g/mol. The van der Waals surface area contributed by atoms with Crippen molar-refractivity contribution in [2.24, 2.45) is 5.73 Å². The van der Waals surface area contributed by atoms with Crippen molar-refractivity contribution in [3.63, 3.8) is 0 Å². The van der Waals surface area contributed by atoms with Crippen LogP contribution in [-0.2, 0) is 18.4 Å². The minimum atomic E-state index is -0.339. The summed E-state index contributed by atoms with van der Waals surface area (Å²) in [5.74, 6) is 0.872. The second-order valence-electron chi connectivity index (χ2n) is 5.68. The average Bonchev–Trinajstić information content (AvgIpc) is 3.13. The van der Waals surface area contributed by atoms with Crippen LogP contribution < -0.4 is 10.5 Å². The first-order valence-electron chi connectivity index (χ1n) is 7.05. The number of methoxy groups -OCH3 is 1. The minimum absolute atomic E-state index is 0.339. The van der Waals surface area contributed by atoms with Gasteiger partial charge in [-0.1, -0.05) is 6.07 Å². The van der Waals surface area contributed by atoms with E-state index in [-0.39, 0.29) is 5.54 Å². The number of thiazole rings is 1. The molecule has 0 radical (unpaired) electrons. The number of ether oxygens (including phenoxy) is 1. The van der Waals surface area contributed by atoms with E-state index < -0.39 is 0 Å². The van der Waals surface area contributed by atoms with Crippen molar-refractivity contribution in [3.05, 3.63) is 52.8 Å². The van der Waals surface area contributed by atoms with Gasteiger partial charge in [-0.25, -0.2) is 4.98 Å². The molecule has 0 spiro atoms. The normalized spacial score (nSPS) is 20.9. The molecule has 2 heterocycles. The summed E-state index contributed by atoms with van der Waals surface area (Å²) < 4.78 is 7.41. The molecule has 0 bridgehead atoms. The fourth-order valence-corrected chi connectivity index (χ4v) is 3.94. The number of hydrogen-bond donors (Lipinski definition) is 1. The van der Waals surface area contributed by atoms with Crippen molar-refractivity contribution in [1.29, 1.82) is 0 Å². The van der Waals surface area contributed by atoms with E-state index >= 15 is 0 Å². The van der Waals surface area contributed by atoms with Crippen LogP contribution in [0.15, 0.2) is 36.0 Å². The number of imidazole rings is 1. The molecule has 5 heteroatoms. The van der Waals surface area contributed by atoms with Gasteiger partial charge in [-0.3, -0.25) is 4.40 Å². The molecule has 0 fully saturated rings. The molecule has 0 amide bonds. The van der Waals surface area contributed by atoms with E-state index in [0.29, 0.717) is 0 Å². The standard InChI is InChI=1S/C16H17N3OS/c1-20-13-3-2-11-4-5-16(17,14(11)8-13)9-12-10-19-6-7-21-15(19)18-12/h2-3,6-8,10H,4-5,9,17H2,1H3. The van der Waals surface area contributed by atoms with Gasteiger partial charge >= 0.3 is 0 Å². The zero-order valence-electron chi connectivity index (χ0n) is 11.9. The molecular formula is C16H17N3OS. The number of nitrogens with two attached hydrogens (primary N) is 1. The van der Waals surface area contributed by atoms with Crippen LogP contribution in [0, 0.1) is 0 Å². The van der Waals surface area contributed by atoms with E-state index in [1.54, 1.807) is 18.4 Å². The number of aromatic nitrogens is 2. The lowest BCUT2D eigenvalue weighted by molar-refractivity contribution is 0.407. The van der Waals surface area contributed by atoms with Crippen LogP contribution in [0.2, 0.25) is 0 Å². The van der Waals surface area contributed by atoms with Crippen LogP contribution >= 0.6 is 11.3 Å². The molecule has 1 aromatic carbocycles. The van der Waals surface area contributed by atoms with Crippen molar-refractivity contribution in [2.45, 2.75) is 24.8 Å². The molecule has 1 atom stereocenters. The van der Waals surface area contributed by atoms with E-state index in [1.807, 2.05) is 17.6 Å². The third kappa shape index (κ3) is 2.04. The highest BCUT2D eigenvalue weighted by Crippen LogP contribution is 2.39. The lowest BCUT2D eigenvalue weighted by atomic mass is 9.88. The lowest BCUT2D eigenvalue weighted by Gasteiger charge is -2.24. The Bertz CT molecular complexity index is 778. The zero-order valence-corrected chi connectivity index (χ0v) is 12.7. The number of fused-ring (bicyclic) bond motifs is 2. The smallest absolute Gasteiger partial charge is 0.193 e. The maximum Gasteiger partial charge on any atom is 0.193 e. The Labute approximate surface area is 127 Å². The number of benzene rings is 1. The molecule has 108 valence electrons. The molecular weight excluding hydrogens is 282 g/mol. The molecule has 2 N–H and O–H groups in total. The van der Waals surface area contributed by atoms with Gasteiger partial charge < -0.3 is 10.5 Å². The van der Waals surface area contributed by atoms with E-state index in [4.69, 9.17) is 10.5 Å². The Morgan fingerprint density at radius 1 is 1.48 bits per heavy atom. The molecule has 1 aliphatic rings. The first-order valence-corrected chi connectivity index (χ1v) is 7.93. The third-order valence-electron chi connectivity index (χ3n) is 4.33. The van der Waals surface area contributed by atoms with Gasteiger partial charge in [0.1, 0.15) is 5.75 Å². The fraction of sp³-hybridized carbons (Fsp3) is 0.312. The number of aryl methyl sites for hydroxylation is 1. The number of nitrogens with zero attached hydrogens (tertiary/aromatic N) is 2. The summed E-state index contributed by atoms with van der Waals surface area (Å²) in [7, 11) is 1.69. The van der Waals surface area contributed by atoms with Gasteiger partial charge in [-0.05, 0) is 36.1 Å². The number of hydrogen-bond acceptors (Lipinski definition) is 4. The summed E-state index contributed by atoms with van der Waals surface area (Å²) >= 11 is 1.65. The summed E-state index contributed by atoms with van der Waals surface area (Å²) in [6.45, 7) is 0. The van der Waals surface area contributed by atoms with Crippen molar-refractivity contribution < 1.29 is 4.74 Å². The molecule has 2 aromatic heterocycles. The first kappa shape index (κ1) is 12.9. The maximum atomic E-state index is 6.72. The molecule has 4 nitrogen and oxygen atoms in total. The van der Waals surface area contributed by atoms with E-state index in [2.05, 4.69) is 27.7 Å². The molecule has 0 saturated carbocycles. The molecule has 0 aliphatic heterocycles. The summed E-state index contributed by atoms with van der Waals surface area (Å²) in [6.07, 6.45) is 6.87. The number of rotatable bonds is 3. The predicted molar refractivity (Wildman–Crippen MR) is 84.0 cm³/mol. The Morgan fingerprint density at radius 2 is 2.38 bits per heavy atom. The minimum Gasteiger partial charge on any atom is -0.497 e. The van der Waals surface area contributed by atoms with Crippen molar-refractivity contribution >= 4 is 16.3 Å². The van der Waals surface area contributed by atoms with Crippen LogP contribution in [-0.4, -0.2) is 16.5 Å². The predicted octanol–water partition coefficient (Wildman–Crippen LogP) is 2.75. The van der Waals surface area contributed by atoms with Crippen LogP contribution in [0.5, 0.6) is 5.75 Å².